The van der Waals surface area contributed by atoms with Crippen molar-refractivity contribution in [1.82, 2.24) is 9.78 Å². The second-order valence-electron chi connectivity index (χ2n) is 6.17. The lowest BCUT2D eigenvalue weighted by molar-refractivity contribution is -0.386. The molecular formula is C19H16F2N4O3. The summed E-state index contributed by atoms with van der Waals surface area (Å²) in [6, 6.07) is 9.29. The summed E-state index contributed by atoms with van der Waals surface area (Å²) in [5.41, 5.74) is 1.02. The van der Waals surface area contributed by atoms with Gasteiger partial charge in [0.25, 0.3) is 5.91 Å². The number of amides is 1. The van der Waals surface area contributed by atoms with Gasteiger partial charge in [0.05, 0.1) is 17.2 Å². The molecule has 0 saturated carbocycles. The summed E-state index contributed by atoms with van der Waals surface area (Å²) in [5.74, 6) is -2.07. The minimum absolute atomic E-state index is 0.0798. The minimum atomic E-state index is -0.763. The Morgan fingerprint density at radius 1 is 1.21 bits per heavy atom. The molecule has 0 spiro atoms. The van der Waals surface area contributed by atoms with Crippen LogP contribution < -0.4 is 5.32 Å². The maximum atomic E-state index is 13.8. The van der Waals surface area contributed by atoms with Gasteiger partial charge in [-0.05, 0) is 37.6 Å². The fraction of sp³-hybridized carbons (Fsp3) is 0.158. The summed E-state index contributed by atoms with van der Waals surface area (Å²) in [7, 11) is 0. The summed E-state index contributed by atoms with van der Waals surface area (Å²) in [5, 5.41) is 17.7. The van der Waals surface area contributed by atoms with Crippen LogP contribution in [0, 0.1) is 35.6 Å². The van der Waals surface area contributed by atoms with Crippen LogP contribution in [0.25, 0.3) is 0 Å². The second kappa shape index (κ2) is 7.55. The number of halogens is 2. The maximum Gasteiger partial charge on any atom is 0.312 e. The van der Waals surface area contributed by atoms with Gasteiger partial charge in [0.2, 0.25) is 0 Å². The van der Waals surface area contributed by atoms with Crippen molar-refractivity contribution in [1.29, 1.82) is 0 Å². The highest BCUT2D eigenvalue weighted by Gasteiger charge is 2.23. The number of rotatable bonds is 5. The van der Waals surface area contributed by atoms with Crippen LogP contribution in [0.3, 0.4) is 0 Å². The molecule has 1 heterocycles. The lowest BCUT2D eigenvalue weighted by Crippen LogP contribution is -2.17. The van der Waals surface area contributed by atoms with Crippen LogP contribution in [0.5, 0.6) is 0 Å². The highest BCUT2D eigenvalue weighted by Crippen LogP contribution is 2.24. The molecule has 2 aromatic carbocycles. The first-order valence-electron chi connectivity index (χ1n) is 8.30. The molecule has 0 radical (unpaired) electrons. The maximum absolute atomic E-state index is 13.8. The fourth-order valence-electron chi connectivity index (χ4n) is 2.93. The molecule has 0 aliphatic carbocycles. The molecule has 9 heteroatoms. The first-order valence-corrected chi connectivity index (χ1v) is 8.30. The summed E-state index contributed by atoms with van der Waals surface area (Å²) in [6.07, 6.45) is 0. The fourth-order valence-corrected chi connectivity index (χ4v) is 2.93. The smallest absolute Gasteiger partial charge is 0.312 e. The van der Waals surface area contributed by atoms with Gasteiger partial charge >= 0.3 is 5.69 Å². The summed E-state index contributed by atoms with van der Waals surface area (Å²) >= 11 is 0. The molecule has 0 fully saturated rings. The highest BCUT2D eigenvalue weighted by molar-refractivity contribution is 6.05. The molecule has 0 atom stereocenters. The Hall–Kier alpha value is -3.62. The topological polar surface area (TPSA) is 90.1 Å². The Kier molecular flexibility index (Phi) is 5.16. The quantitative estimate of drug-likeness (QED) is 0.530. The van der Waals surface area contributed by atoms with E-state index >= 15 is 0 Å². The molecule has 1 N–H and O–H groups in total. The molecule has 0 saturated heterocycles. The molecule has 3 aromatic rings. The normalized spacial score (nSPS) is 10.7. The van der Waals surface area contributed by atoms with Crippen LogP contribution in [0.4, 0.5) is 20.2 Å². The Labute approximate surface area is 158 Å². The van der Waals surface area contributed by atoms with Crippen LogP contribution >= 0.6 is 0 Å². The standard InChI is InChI=1S/C19H16F2N4O3/c1-11-18(25(27)28)12(2)24(23-11)10-13-5-3-4-6-15(13)19(26)22-17-9-14(20)7-8-16(17)21/h3-9H,10H2,1-2H3,(H,22,26). The molecule has 3 rings (SSSR count). The van der Waals surface area contributed by atoms with Crippen LogP contribution in [0.15, 0.2) is 42.5 Å². The van der Waals surface area contributed by atoms with Gasteiger partial charge in [-0.2, -0.15) is 5.10 Å². The van der Waals surface area contributed by atoms with Crippen molar-refractivity contribution < 1.29 is 18.5 Å². The van der Waals surface area contributed by atoms with Gasteiger partial charge in [0, 0.05) is 11.6 Å². The molecule has 1 amide bonds. The van der Waals surface area contributed by atoms with Crippen LogP contribution in [-0.2, 0) is 6.54 Å². The van der Waals surface area contributed by atoms with Crippen molar-refractivity contribution in [3.8, 4) is 0 Å². The predicted molar refractivity (Wildman–Crippen MR) is 98.2 cm³/mol. The van der Waals surface area contributed by atoms with E-state index in [0.29, 0.717) is 11.3 Å². The number of carbonyl (C=O) groups excluding carboxylic acids is 1. The first-order chi connectivity index (χ1) is 13.3. The van der Waals surface area contributed by atoms with Crippen molar-refractivity contribution in [2.24, 2.45) is 0 Å². The third kappa shape index (κ3) is 3.73. The van der Waals surface area contributed by atoms with Gasteiger partial charge in [-0.15, -0.1) is 0 Å². The number of hydrogen-bond acceptors (Lipinski definition) is 4. The van der Waals surface area contributed by atoms with Crippen molar-refractivity contribution >= 4 is 17.3 Å². The Balaban J connectivity index is 1.92. The SMILES string of the molecule is Cc1nn(Cc2ccccc2C(=O)Nc2cc(F)ccc2F)c(C)c1[N+](=O)[O-]. The van der Waals surface area contributed by atoms with Gasteiger partial charge < -0.3 is 5.32 Å². The molecule has 0 unspecified atom stereocenters. The zero-order chi connectivity index (χ0) is 20.4. The summed E-state index contributed by atoms with van der Waals surface area (Å²) < 4.78 is 28.6. The molecule has 0 bridgehead atoms. The van der Waals surface area contributed by atoms with E-state index in [4.69, 9.17) is 0 Å². The summed E-state index contributed by atoms with van der Waals surface area (Å²) in [4.78, 5) is 23.3. The largest absolute Gasteiger partial charge is 0.319 e. The number of benzene rings is 2. The number of carbonyl (C=O) groups is 1. The van der Waals surface area contributed by atoms with Crippen LogP contribution in [0.1, 0.15) is 27.3 Å². The second-order valence-corrected chi connectivity index (χ2v) is 6.17. The van der Waals surface area contributed by atoms with E-state index in [1.807, 2.05) is 0 Å². The number of anilines is 1. The van der Waals surface area contributed by atoms with Crippen LogP contribution in [-0.4, -0.2) is 20.6 Å². The van der Waals surface area contributed by atoms with E-state index in [1.54, 1.807) is 25.1 Å². The van der Waals surface area contributed by atoms with E-state index in [1.165, 1.54) is 17.7 Å². The van der Waals surface area contributed by atoms with Gasteiger partial charge in [-0.25, -0.2) is 8.78 Å². The lowest BCUT2D eigenvalue weighted by atomic mass is 10.1. The van der Waals surface area contributed by atoms with Crippen molar-refractivity contribution in [3.05, 3.63) is 86.7 Å². The summed E-state index contributed by atoms with van der Waals surface area (Å²) in [6.45, 7) is 3.21. The van der Waals surface area contributed by atoms with E-state index in [2.05, 4.69) is 10.4 Å². The molecule has 144 valence electrons. The molecular weight excluding hydrogens is 370 g/mol. The highest BCUT2D eigenvalue weighted by atomic mass is 19.1. The van der Waals surface area contributed by atoms with E-state index in [9.17, 15) is 23.7 Å². The number of hydrogen-bond donors (Lipinski definition) is 1. The third-order valence-electron chi connectivity index (χ3n) is 4.28. The first kappa shape index (κ1) is 19.2. The van der Waals surface area contributed by atoms with Crippen molar-refractivity contribution in [2.75, 3.05) is 5.32 Å². The van der Waals surface area contributed by atoms with Gasteiger partial charge in [-0.3, -0.25) is 19.6 Å². The molecule has 0 aliphatic rings. The number of nitrogens with zero attached hydrogens (tertiary/aromatic N) is 3. The van der Waals surface area contributed by atoms with E-state index < -0.39 is 22.5 Å². The molecule has 28 heavy (non-hydrogen) atoms. The Bertz CT molecular complexity index is 1080. The Morgan fingerprint density at radius 2 is 1.93 bits per heavy atom. The molecule has 0 aliphatic heterocycles. The van der Waals surface area contributed by atoms with E-state index in [-0.39, 0.29) is 29.2 Å². The van der Waals surface area contributed by atoms with Crippen molar-refractivity contribution in [2.45, 2.75) is 20.4 Å². The van der Waals surface area contributed by atoms with Crippen LogP contribution in [0.2, 0.25) is 0 Å². The van der Waals surface area contributed by atoms with Crippen molar-refractivity contribution in [3.63, 3.8) is 0 Å². The number of aromatic nitrogens is 2. The zero-order valence-electron chi connectivity index (χ0n) is 15.1. The Morgan fingerprint density at radius 3 is 2.61 bits per heavy atom. The third-order valence-corrected chi connectivity index (χ3v) is 4.28. The van der Waals surface area contributed by atoms with E-state index in [0.717, 1.165) is 18.2 Å². The molecule has 1 aromatic heterocycles. The monoisotopic (exact) mass is 386 g/mol. The number of aryl methyl sites for hydroxylation is 1. The average molecular weight is 386 g/mol. The number of nitrogens with one attached hydrogen (secondary N) is 1. The average Bonchev–Trinajstić information content (AvgIpc) is 2.92. The zero-order valence-corrected chi connectivity index (χ0v) is 15.1. The number of nitro groups is 1. The van der Waals surface area contributed by atoms with Gasteiger partial charge in [0.15, 0.2) is 0 Å². The molecule has 7 nitrogen and oxygen atoms in total. The van der Waals surface area contributed by atoms with Gasteiger partial charge in [0.1, 0.15) is 23.0 Å². The lowest BCUT2D eigenvalue weighted by Gasteiger charge is -2.11. The predicted octanol–water partition coefficient (Wildman–Crippen LogP) is 3.99. The van der Waals surface area contributed by atoms with Gasteiger partial charge in [-0.1, -0.05) is 18.2 Å². The minimum Gasteiger partial charge on any atom is -0.319 e.